The average Bonchev–Trinajstić information content (AvgIpc) is 3.69. The zero-order valence-corrected chi connectivity index (χ0v) is 59.1. The molecule has 1 amide bonds. The summed E-state index contributed by atoms with van der Waals surface area (Å²) in [5.74, 6) is -0.533. The second kappa shape index (κ2) is 66.4. The Hall–Kier alpha value is -2.55. The maximum atomic E-state index is 13.6. The first-order valence-corrected chi connectivity index (χ1v) is 38.7. The summed E-state index contributed by atoms with van der Waals surface area (Å²) in [6.07, 6.45) is 87.4. The zero-order chi connectivity index (χ0) is 63.5. The molecule has 0 heterocycles. The second-order valence-electron chi connectivity index (χ2n) is 26.4. The Bertz CT molecular complexity index is 1720. The quantitative estimate of drug-likeness (QED) is 0.0212. The molecule has 0 bridgehead atoms. The van der Waals surface area contributed by atoms with Crippen LogP contribution in [0.4, 0.5) is 0 Å². The molecule has 0 aliphatic carbocycles. The van der Waals surface area contributed by atoms with Crippen LogP contribution in [0, 0.1) is 0 Å². The van der Waals surface area contributed by atoms with E-state index in [4.69, 9.17) is 13.8 Å². The lowest BCUT2D eigenvalue weighted by molar-refractivity contribution is -0.870. The number of esters is 1. The fourth-order valence-electron chi connectivity index (χ4n) is 10.9. The van der Waals surface area contributed by atoms with Gasteiger partial charge in [-0.05, 0) is 102 Å². The van der Waals surface area contributed by atoms with Gasteiger partial charge in [-0.15, -0.1) is 0 Å². The maximum absolute atomic E-state index is 13.6. The number of nitrogens with zero attached hydrogens (tertiary/aromatic N) is 1. The molecule has 0 radical (unpaired) electrons. The minimum absolute atomic E-state index is 0.0237. The minimum atomic E-state index is -4.71. The van der Waals surface area contributed by atoms with Gasteiger partial charge in [-0.1, -0.05) is 312 Å². The Balaban J connectivity index is 5.05. The number of hydrogen-bond acceptors (Lipinski definition) is 7. The molecular formula is C77H143N2O7P. The predicted molar refractivity (Wildman–Crippen MR) is 376 cm³/mol. The van der Waals surface area contributed by atoms with Crippen LogP contribution >= 0.6 is 7.82 Å². The van der Waals surface area contributed by atoms with Gasteiger partial charge in [0.2, 0.25) is 5.91 Å². The van der Waals surface area contributed by atoms with E-state index < -0.39 is 20.0 Å². The van der Waals surface area contributed by atoms with E-state index in [0.29, 0.717) is 17.4 Å². The van der Waals surface area contributed by atoms with Crippen molar-refractivity contribution in [2.24, 2.45) is 0 Å². The van der Waals surface area contributed by atoms with Crippen molar-refractivity contribution in [3.05, 3.63) is 72.9 Å². The molecule has 0 saturated heterocycles. The van der Waals surface area contributed by atoms with Gasteiger partial charge in [0, 0.05) is 12.8 Å². The Labute approximate surface area is 540 Å². The third-order valence-corrected chi connectivity index (χ3v) is 17.6. The summed E-state index contributed by atoms with van der Waals surface area (Å²) < 4.78 is 30.5. The molecule has 0 aromatic heterocycles. The molecule has 0 aromatic carbocycles. The van der Waals surface area contributed by atoms with Crippen LogP contribution in [0.5, 0.6) is 0 Å². The Morgan fingerprint density at radius 3 is 1.08 bits per heavy atom. The Kier molecular flexibility index (Phi) is 64.4. The fourth-order valence-corrected chi connectivity index (χ4v) is 11.6. The van der Waals surface area contributed by atoms with E-state index in [1.165, 1.54) is 238 Å². The van der Waals surface area contributed by atoms with Crippen molar-refractivity contribution in [2.75, 3.05) is 40.9 Å². The summed E-state index contributed by atoms with van der Waals surface area (Å²) in [5, 5.41) is 3.05. The van der Waals surface area contributed by atoms with E-state index in [1.54, 1.807) is 0 Å². The summed E-state index contributed by atoms with van der Waals surface area (Å²) >= 11 is 0. The van der Waals surface area contributed by atoms with E-state index >= 15 is 0 Å². The van der Waals surface area contributed by atoms with Gasteiger partial charge in [0.15, 0.2) is 0 Å². The van der Waals surface area contributed by atoms with E-state index in [9.17, 15) is 19.0 Å². The number of phosphoric acid groups is 1. The van der Waals surface area contributed by atoms with Crippen molar-refractivity contribution in [3.63, 3.8) is 0 Å². The summed E-state index contributed by atoms with van der Waals surface area (Å²) in [6.45, 7) is 6.85. The lowest BCUT2D eigenvalue weighted by Gasteiger charge is -2.30. The largest absolute Gasteiger partial charge is 0.756 e. The number of carbonyl (C=O) groups excluding carboxylic acids is 2. The number of rotatable bonds is 68. The highest BCUT2D eigenvalue weighted by Crippen LogP contribution is 2.38. The molecule has 3 atom stereocenters. The van der Waals surface area contributed by atoms with Gasteiger partial charge in [0.05, 0.1) is 33.8 Å². The first-order valence-electron chi connectivity index (χ1n) is 37.2. The number of nitrogens with one attached hydrogen (secondary N) is 1. The monoisotopic (exact) mass is 1240 g/mol. The number of allylic oxidation sites excluding steroid dienone is 11. The van der Waals surface area contributed by atoms with Crippen molar-refractivity contribution in [1.82, 2.24) is 5.32 Å². The summed E-state index contributed by atoms with van der Waals surface area (Å²) in [4.78, 5) is 40.3. The first kappa shape index (κ1) is 84.5. The number of amides is 1. The fraction of sp³-hybridized carbons (Fsp3) is 0.818. The smallest absolute Gasteiger partial charge is 0.306 e. The van der Waals surface area contributed by atoms with Crippen molar-refractivity contribution < 1.29 is 37.3 Å². The maximum Gasteiger partial charge on any atom is 0.306 e. The van der Waals surface area contributed by atoms with Crippen LogP contribution in [0.15, 0.2) is 72.9 Å². The molecule has 0 aliphatic heterocycles. The summed E-state index contributed by atoms with van der Waals surface area (Å²) in [6, 6.07) is -0.893. The third-order valence-electron chi connectivity index (χ3n) is 16.6. The molecule has 0 spiro atoms. The molecule has 0 saturated carbocycles. The van der Waals surface area contributed by atoms with Crippen LogP contribution in [0.3, 0.4) is 0 Å². The van der Waals surface area contributed by atoms with Gasteiger partial charge in [0.1, 0.15) is 19.3 Å². The van der Waals surface area contributed by atoms with Crippen LogP contribution in [0.25, 0.3) is 0 Å². The van der Waals surface area contributed by atoms with Crippen molar-refractivity contribution in [3.8, 4) is 0 Å². The SMILES string of the molecule is CCCCC/C=C\C/C=C\C/C=C\C/C=C\CCCCCCCCCCCCCC(=O)NC(COP(=O)([O-])OCC[N+](C)(C)C)C(/C=C\CCCCCCCCCCCCC)OC(=O)CCCCCCCCCCCCC/C=C/CCCCCCCC. The molecule has 0 rings (SSSR count). The summed E-state index contributed by atoms with van der Waals surface area (Å²) in [7, 11) is 1.19. The van der Waals surface area contributed by atoms with Crippen molar-refractivity contribution in [1.29, 1.82) is 0 Å². The van der Waals surface area contributed by atoms with E-state index in [2.05, 4.69) is 86.8 Å². The number of hydrogen-bond donors (Lipinski definition) is 1. The number of phosphoric ester groups is 1. The molecule has 0 aliphatic rings. The van der Waals surface area contributed by atoms with Crippen LogP contribution in [0.2, 0.25) is 0 Å². The number of ether oxygens (including phenoxy) is 1. The van der Waals surface area contributed by atoms with E-state index in [0.717, 1.165) is 83.5 Å². The molecule has 0 aromatic rings. The van der Waals surface area contributed by atoms with Crippen LogP contribution < -0.4 is 10.2 Å². The Morgan fingerprint density at radius 1 is 0.402 bits per heavy atom. The second-order valence-corrected chi connectivity index (χ2v) is 27.9. The van der Waals surface area contributed by atoms with Gasteiger partial charge in [0.25, 0.3) is 7.82 Å². The third kappa shape index (κ3) is 67.7. The van der Waals surface area contributed by atoms with Crippen LogP contribution in [-0.2, 0) is 27.9 Å². The first-order chi connectivity index (χ1) is 42.4. The lowest BCUT2D eigenvalue weighted by Crippen LogP contribution is -2.47. The molecule has 0 fully saturated rings. The van der Waals surface area contributed by atoms with Crippen molar-refractivity contribution >= 4 is 19.7 Å². The number of carbonyl (C=O) groups is 2. The van der Waals surface area contributed by atoms with E-state index in [1.807, 2.05) is 33.3 Å². The topological polar surface area (TPSA) is 114 Å². The number of unbranched alkanes of at least 4 members (excludes halogenated alkanes) is 42. The molecule has 10 heteroatoms. The highest BCUT2D eigenvalue weighted by Gasteiger charge is 2.27. The predicted octanol–water partition coefficient (Wildman–Crippen LogP) is 23.3. The summed E-state index contributed by atoms with van der Waals surface area (Å²) in [5.41, 5.74) is 0. The molecule has 1 N–H and O–H groups in total. The molecule has 508 valence electrons. The van der Waals surface area contributed by atoms with E-state index in [-0.39, 0.29) is 31.5 Å². The standard InChI is InChI=1S/C77H143N2O7P/c1-7-10-13-16-19-22-25-28-30-32-34-36-37-38-39-40-41-43-44-46-48-51-54-57-60-63-66-69-76(80)78-74(73-85-87(82,83)84-72-71-79(4,5)6)75(68-65-62-59-56-53-50-27-24-21-18-15-12-9-3)86-77(81)70-67-64-61-58-55-52-49-47-45-42-35-33-31-29-26-23-20-17-14-11-8-2/h19,22,28-31,34,36,38-39,65,68,74-75H,7-18,20-21,23-27,32-33,35,37,40-64,66-67,69-73H2,1-6H3,(H-,78,80,82,83)/b22-19-,30-28-,31-29+,36-34-,39-38-,68-65-. The molecule has 3 unspecified atom stereocenters. The van der Waals surface area contributed by atoms with Gasteiger partial charge >= 0.3 is 5.97 Å². The van der Waals surface area contributed by atoms with Gasteiger partial charge in [-0.25, -0.2) is 0 Å². The molecule has 9 nitrogen and oxygen atoms in total. The Morgan fingerprint density at radius 2 is 0.701 bits per heavy atom. The van der Waals surface area contributed by atoms with Gasteiger partial charge < -0.3 is 28.5 Å². The zero-order valence-electron chi connectivity index (χ0n) is 58.2. The molecule has 87 heavy (non-hydrogen) atoms. The van der Waals surface area contributed by atoms with Crippen LogP contribution in [-0.4, -0.2) is 69.4 Å². The van der Waals surface area contributed by atoms with Crippen LogP contribution in [0.1, 0.15) is 355 Å². The minimum Gasteiger partial charge on any atom is -0.756 e. The number of quaternary nitrogens is 1. The lowest BCUT2D eigenvalue weighted by atomic mass is 10.0. The van der Waals surface area contributed by atoms with Gasteiger partial charge in [-0.2, -0.15) is 0 Å². The van der Waals surface area contributed by atoms with Crippen molar-refractivity contribution in [2.45, 2.75) is 367 Å². The number of likely N-dealkylation sites (N-methyl/N-ethyl adjacent to an activating group) is 1. The molecular weight excluding hydrogens is 1100 g/mol. The van der Waals surface area contributed by atoms with Gasteiger partial charge in [-0.3, -0.25) is 14.2 Å². The highest BCUT2D eigenvalue weighted by molar-refractivity contribution is 7.45. The normalized spacial score (nSPS) is 13.9. The highest BCUT2D eigenvalue weighted by atomic mass is 31.2. The average molecular weight is 1240 g/mol.